The molecule has 12 heavy (non-hydrogen) atoms. The van der Waals surface area contributed by atoms with Crippen molar-refractivity contribution < 1.29 is 0 Å². The third-order valence-electron chi connectivity index (χ3n) is 2.31. The normalized spacial score (nSPS) is 11.6. The van der Waals surface area contributed by atoms with Gasteiger partial charge in [0, 0.05) is 20.6 Å². The molecular weight excluding hydrogens is 163 g/mol. The zero-order valence-corrected chi connectivity index (χ0v) is 9.14. The SMILES string of the molecule is CC[P+](C)(C)Cc1ccccc1. The molecule has 0 aliphatic carbocycles. The number of benzene rings is 1. The summed E-state index contributed by atoms with van der Waals surface area (Å²) in [5.41, 5.74) is 1.50. The van der Waals surface area contributed by atoms with E-state index in [9.17, 15) is 0 Å². The summed E-state index contributed by atoms with van der Waals surface area (Å²) in [6.07, 6.45) is 2.65. The largest absolute Gasteiger partial charge is 0.0837 e. The summed E-state index contributed by atoms with van der Waals surface area (Å²) in [6.45, 7) is 7.16. The van der Waals surface area contributed by atoms with Gasteiger partial charge in [-0.1, -0.05) is 30.3 Å². The Hall–Kier alpha value is -0.350. The third-order valence-corrected chi connectivity index (χ3v) is 5.24. The van der Waals surface area contributed by atoms with Crippen LogP contribution in [-0.2, 0) is 6.16 Å². The summed E-state index contributed by atoms with van der Waals surface area (Å²) in [5.74, 6) is 0. The number of hydrogen-bond donors (Lipinski definition) is 0. The average molecular weight is 181 g/mol. The van der Waals surface area contributed by atoms with Gasteiger partial charge in [-0.25, -0.2) is 0 Å². The van der Waals surface area contributed by atoms with E-state index in [-0.39, 0.29) is 0 Å². The molecule has 0 atom stereocenters. The predicted octanol–water partition coefficient (Wildman–Crippen LogP) is 3.48. The first-order valence-corrected chi connectivity index (χ1v) is 7.55. The molecule has 0 amide bonds. The molecule has 0 aliphatic rings. The van der Waals surface area contributed by atoms with E-state index in [0.29, 0.717) is 0 Å². The maximum absolute atomic E-state index is 2.43. The average Bonchev–Trinajstić information content (AvgIpc) is 2.06. The molecule has 0 unspecified atom stereocenters. The van der Waals surface area contributed by atoms with Crippen LogP contribution in [0.1, 0.15) is 12.5 Å². The molecule has 0 spiro atoms. The smallest absolute Gasteiger partial charge is 0.0622 e. The van der Waals surface area contributed by atoms with Crippen LogP contribution in [0.3, 0.4) is 0 Å². The molecular formula is C11H18P+. The van der Waals surface area contributed by atoms with Gasteiger partial charge in [0.1, 0.15) is 0 Å². The van der Waals surface area contributed by atoms with E-state index >= 15 is 0 Å². The quantitative estimate of drug-likeness (QED) is 0.626. The minimum Gasteiger partial charge on any atom is -0.0622 e. The molecule has 0 saturated carbocycles. The van der Waals surface area contributed by atoms with Gasteiger partial charge in [0.05, 0.1) is 12.3 Å². The van der Waals surface area contributed by atoms with Gasteiger partial charge in [-0.15, -0.1) is 0 Å². The second kappa shape index (κ2) is 4.05. The first-order valence-electron chi connectivity index (χ1n) is 4.50. The maximum Gasteiger partial charge on any atom is 0.0837 e. The second-order valence-electron chi connectivity index (χ2n) is 3.90. The highest BCUT2D eigenvalue weighted by Crippen LogP contribution is 2.53. The molecule has 1 aromatic carbocycles. The van der Waals surface area contributed by atoms with Gasteiger partial charge in [-0.05, 0) is 12.5 Å². The van der Waals surface area contributed by atoms with Crippen LogP contribution in [0.4, 0.5) is 0 Å². The standard InChI is InChI=1S/C11H18P/c1-4-12(2,3)10-11-8-6-5-7-9-11/h5-9H,4,10H2,1-3H3/q+1. The van der Waals surface area contributed by atoms with Gasteiger partial charge in [0.15, 0.2) is 0 Å². The third kappa shape index (κ3) is 2.95. The Morgan fingerprint density at radius 2 is 1.67 bits per heavy atom. The first-order chi connectivity index (χ1) is 5.64. The van der Waals surface area contributed by atoms with Crippen molar-refractivity contribution in [2.45, 2.75) is 13.1 Å². The van der Waals surface area contributed by atoms with E-state index < -0.39 is 7.26 Å². The van der Waals surface area contributed by atoms with Crippen molar-refractivity contribution in [1.82, 2.24) is 0 Å². The molecule has 0 aromatic heterocycles. The van der Waals surface area contributed by atoms with E-state index in [4.69, 9.17) is 0 Å². The summed E-state index contributed by atoms with van der Waals surface area (Å²) in [7, 11) is -0.645. The minimum absolute atomic E-state index is 0.645. The van der Waals surface area contributed by atoms with E-state index in [2.05, 4.69) is 50.6 Å². The van der Waals surface area contributed by atoms with Crippen molar-refractivity contribution in [2.75, 3.05) is 19.5 Å². The van der Waals surface area contributed by atoms with E-state index in [1.807, 2.05) is 0 Å². The van der Waals surface area contributed by atoms with Gasteiger partial charge < -0.3 is 0 Å². The maximum atomic E-state index is 2.43. The lowest BCUT2D eigenvalue weighted by molar-refractivity contribution is 1.33. The lowest BCUT2D eigenvalue weighted by atomic mass is 10.2. The fourth-order valence-corrected chi connectivity index (χ4v) is 2.61. The lowest BCUT2D eigenvalue weighted by Gasteiger charge is -2.15. The van der Waals surface area contributed by atoms with Crippen molar-refractivity contribution in [3.63, 3.8) is 0 Å². The first kappa shape index (κ1) is 9.74. The molecule has 0 radical (unpaired) electrons. The molecule has 0 aliphatic heterocycles. The molecule has 1 heteroatoms. The summed E-state index contributed by atoms with van der Waals surface area (Å²) in [5, 5.41) is 0. The van der Waals surface area contributed by atoms with E-state index in [1.165, 1.54) is 17.9 Å². The highest BCUT2D eigenvalue weighted by Gasteiger charge is 2.21. The van der Waals surface area contributed by atoms with Crippen molar-refractivity contribution >= 4 is 7.26 Å². The lowest BCUT2D eigenvalue weighted by Crippen LogP contribution is -1.95. The van der Waals surface area contributed by atoms with Crippen LogP contribution in [0.2, 0.25) is 0 Å². The Morgan fingerprint density at radius 1 is 1.08 bits per heavy atom. The highest BCUT2D eigenvalue weighted by molar-refractivity contribution is 7.73. The van der Waals surface area contributed by atoms with E-state index in [0.717, 1.165) is 0 Å². The van der Waals surface area contributed by atoms with Crippen LogP contribution in [0.5, 0.6) is 0 Å². The Balaban J connectivity index is 2.64. The van der Waals surface area contributed by atoms with Gasteiger partial charge in [0.2, 0.25) is 0 Å². The Morgan fingerprint density at radius 3 is 2.17 bits per heavy atom. The second-order valence-corrected chi connectivity index (χ2v) is 8.72. The molecule has 0 bridgehead atoms. The van der Waals surface area contributed by atoms with Crippen molar-refractivity contribution in [2.24, 2.45) is 0 Å². The monoisotopic (exact) mass is 181 g/mol. The fraction of sp³-hybridized carbons (Fsp3) is 0.455. The fourth-order valence-electron chi connectivity index (χ4n) is 1.19. The highest BCUT2D eigenvalue weighted by atomic mass is 31.2. The summed E-state index contributed by atoms with van der Waals surface area (Å²) in [4.78, 5) is 0. The van der Waals surface area contributed by atoms with Gasteiger partial charge >= 0.3 is 0 Å². The van der Waals surface area contributed by atoms with Crippen LogP contribution in [-0.4, -0.2) is 19.5 Å². The molecule has 1 rings (SSSR count). The Kier molecular flexibility index (Phi) is 3.29. The van der Waals surface area contributed by atoms with Crippen LogP contribution in [0.25, 0.3) is 0 Å². The summed E-state index contributed by atoms with van der Waals surface area (Å²) >= 11 is 0. The van der Waals surface area contributed by atoms with Crippen molar-refractivity contribution in [1.29, 1.82) is 0 Å². The van der Waals surface area contributed by atoms with Crippen LogP contribution < -0.4 is 0 Å². The van der Waals surface area contributed by atoms with Crippen molar-refractivity contribution in [3.8, 4) is 0 Å². The number of rotatable bonds is 3. The van der Waals surface area contributed by atoms with Gasteiger partial charge in [-0.3, -0.25) is 0 Å². The zero-order chi connectivity index (χ0) is 9.03. The molecule has 0 fully saturated rings. The Labute approximate surface area is 76.3 Å². The van der Waals surface area contributed by atoms with Crippen LogP contribution in [0, 0.1) is 0 Å². The van der Waals surface area contributed by atoms with E-state index in [1.54, 1.807) is 0 Å². The topological polar surface area (TPSA) is 0 Å². The molecule has 1 aromatic rings. The molecule has 0 heterocycles. The summed E-state index contributed by atoms with van der Waals surface area (Å²) < 4.78 is 0. The Bertz CT molecular complexity index is 226. The van der Waals surface area contributed by atoms with Crippen LogP contribution >= 0.6 is 7.26 Å². The molecule has 66 valence electrons. The molecule has 0 nitrogen and oxygen atoms in total. The minimum atomic E-state index is -0.645. The van der Waals surface area contributed by atoms with Gasteiger partial charge in [-0.2, -0.15) is 0 Å². The van der Waals surface area contributed by atoms with Gasteiger partial charge in [0.25, 0.3) is 0 Å². The zero-order valence-electron chi connectivity index (χ0n) is 8.25. The molecule has 0 saturated heterocycles. The van der Waals surface area contributed by atoms with Crippen LogP contribution in [0.15, 0.2) is 30.3 Å². The number of hydrogen-bond acceptors (Lipinski definition) is 0. The predicted molar refractivity (Wildman–Crippen MR) is 59.5 cm³/mol. The van der Waals surface area contributed by atoms with Crippen molar-refractivity contribution in [3.05, 3.63) is 35.9 Å². The summed E-state index contributed by atoms with van der Waals surface area (Å²) in [6, 6.07) is 10.8. The molecule has 0 N–H and O–H groups in total.